The Hall–Kier alpha value is -1.66. The van der Waals surface area contributed by atoms with Gasteiger partial charge in [0.25, 0.3) is 0 Å². The largest absolute Gasteiger partial charge is 0.481 e. The number of thioether (sulfide) groups is 1. The third-order valence-electron chi connectivity index (χ3n) is 4.03. The minimum atomic E-state index is -3.80. The number of phosphoric ester groups is 1. The second kappa shape index (κ2) is 11.7. The van der Waals surface area contributed by atoms with Crippen LogP contribution in [-0.2, 0) is 37.3 Å². The summed E-state index contributed by atoms with van der Waals surface area (Å²) in [5, 5.41) is 21.6. The van der Waals surface area contributed by atoms with Gasteiger partial charge in [0.15, 0.2) is 6.10 Å². The molecule has 0 radical (unpaired) electrons. The maximum Gasteiger partial charge on any atom is 0.475 e. The molecule has 30 heavy (non-hydrogen) atoms. The Kier molecular flexibility index (Phi) is 10.2. The van der Waals surface area contributed by atoms with Gasteiger partial charge in [-0.15, -0.1) is 11.8 Å². The lowest BCUT2D eigenvalue weighted by atomic mass is 9.87. The van der Waals surface area contributed by atoms with Gasteiger partial charge < -0.3 is 20.8 Å². The highest BCUT2D eigenvalue weighted by Gasteiger charge is 2.48. The molecule has 172 valence electrons. The molecule has 1 heterocycles. The van der Waals surface area contributed by atoms with E-state index in [9.17, 15) is 23.7 Å². The summed E-state index contributed by atoms with van der Waals surface area (Å²) in [5.41, 5.74) is -0.757. The van der Waals surface area contributed by atoms with Gasteiger partial charge >= 0.3 is 19.8 Å². The first-order chi connectivity index (χ1) is 13.9. The van der Waals surface area contributed by atoms with Crippen LogP contribution < -0.4 is 10.6 Å². The molecular weight excluding hydrogens is 443 g/mol. The summed E-state index contributed by atoms with van der Waals surface area (Å²) >= 11 is 0.918. The Balaban J connectivity index is 2.35. The monoisotopic (exact) mass is 470 g/mol. The smallest absolute Gasteiger partial charge is 0.475 e. The molecule has 1 saturated heterocycles. The molecule has 0 saturated carbocycles. The van der Waals surface area contributed by atoms with Crippen molar-refractivity contribution >= 4 is 43.3 Å². The third kappa shape index (κ3) is 8.60. The Morgan fingerprint density at radius 1 is 1.23 bits per heavy atom. The summed E-state index contributed by atoms with van der Waals surface area (Å²) in [5.74, 6) is -3.16. The number of carbonyl (C=O) groups is 4. The molecule has 1 aliphatic rings. The van der Waals surface area contributed by atoms with Gasteiger partial charge in [0.2, 0.25) is 11.8 Å². The first-order valence-corrected chi connectivity index (χ1v) is 11.5. The normalized spacial score (nSPS) is 23.9. The van der Waals surface area contributed by atoms with Crippen LogP contribution in [0.1, 0.15) is 26.7 Å². The molecule has 3 atom stereocenters. The van der Waals surface area contributed by atoms with Crippen molar-refractivity contribution in [2.24, 2.45) is 5.41 Å². The van der Waals surface area contributed by atoms with Gasteiger partial charge in [0.1, 0.15) is 5.25 Å². The van der Waals surface area contributed by atoms with Crippen molar-refractivity contribution in [2.75, 3.05) is 32.6 Å². The number of carbonyl (C=O) groups excluding carboxylic acids is 2. The summed E-state index contributed by atoms with van der Waals surface area (Å²) in [7, 11) is -2.65. The minimum Gasteiger partial charge on any atom is -0.481 e. The summed E-state index contributed by atoms with van der Waals surface area (Å²) in [6, 6.07) is 0. The van der Waals surface area contributed by atoms with Crippen molar-refractivity contribution in [1.29, 1.82) is 0 Å². The van der Waals surface area contributed by atoms with Gasteiger partial charge in [-0.05, 0) is 0 Å². The number of carboxylic acids is 2. The summed E-state index contributed by atoms with van der Waals surface area (Å²) in [4.78, 5) is 45.8. The van der Waals surface area contributed by atoms with Crippen LogP contribution in [-0.4, -0.2) is 77.9 Å². The average molecular weight is 470 g/mol. The fourth-order valence-electron chi connectivity index (χ4n) is 2.37. The van der Waals surface area contributed by atoms with E-state index in [2.05, 4.69) is 10.6 Å². The molecule has 2 amide bonds. The maximum atomic E-state index is 12.4. The van der Waals surface area contributed by atoms with E-state index in [1.54, 1.807) is 13.8 Å². The number of hydrogen-bond donors (Lipinski definition) is 4. The van der Waals surface area contributed by atoms with E-state index >= 15 is 0 Å². The van der Waals surface area contributed by atoms with Crippen molar-refractivity contribution in [3.63, 3.8) is 0 Å². The number of rotatable bonds is 12. The lowest BCUT2D eigenvalue weighted by Crippen LogP contribution is -2.50. The molecule has 2 unspecified atom stereocenters. The molecule has 1 fully saturated rings. The molecule has 0 aliphatic carbocycles. The molecule has 0 bridgehead atoms. The Morgan fingerprint density at radius 3 is 2.47 bits per heavy atom. The molecule has 1 rings (SSSR count). The molecule has 0 spiro atoms. The molecular formula is C16H27N2O10PS. The first kappa shape index (κ1) is 26.4. The van der Waals surface area contributed by atoms with Crippen LogP contribution in [0.2, 0.25) is 0 Å². The van der Waals surface area contributed by atoms with Crippen molar-refractivity contribution in [3.8, 4) is 0 Å². The highest BCUT2D eigenvalue weighted by atomic mass is 32.2. The quantitative estimate of drug-likeness (QED) is 0.230. The fraction of sp³-hybridized carbons (Fsp3) is 0.750. The first-order valence-electron chi connectivity index (χ1n) is 8.99. The minimum absolute atomic E-state index is 0.00263. The molecule has 0 aromatic rings. The summed E-state index contributed by atoms with van der Waals surface area (Å²) in [6.45, 7) is 3.55. The molecule has 0 aromatic heterocycles. The number of aliphatic carboxylic acids is 2. The van der Waals surface area contributed by atoms with E-state index in [1.165, 1.54) is 0 Å². The highest BCUT2D eigenvalue weighted by molar-refractivity contribution is 8.00. The Bertz CT molecular complexity index is 702. The number of amides is 2. The predicted molar refractivity (Wildman–Crippen MR) is 106 cm³/mol. The lowest BCUT2D eigenvalue weighted by molar-refractivity contribution is -0.142. The van der Waals surface area contributed by atoms with Crippen molar-refractivity contribution < 1.29 is 47.5 Å². The van der Waals surface area contributed by atoms with Gasteiger partial charge in [-0.25, -0.2) is 4.57 Å². The maximum absolute atomic E-state index is 12.4. The van der Waals surface area contributed by atoms with Crippen molar-refractivity contribution in [1.82, 2.24) is 10.6 Å². The lowest BCUT2D eigenvalue weighted by Gasteiger charge is -2.39. The molecule has 14 heteroatoms. The number of nitrogens with one attached hydrogen (secondary N) is 2. The van der Waals surface area contributed by atoms with Crippen LogP contribution in [0.3, 0.4) is 0 Å². The van der Waals surface area contributed by atoms with Crippen LogP contribution in [0.5, 0.6) is 0 Å². The summed E-state index contributed by atoms with van der Waals surface area (Å²) in [6.07, 6.45) is -1.64. The zero-order valence-electron chi connectivity index (χ0n) is 16.9. The van der Waals surface area contributed by atoms with Crippen LogP contribution in [0.15, 0.2) is 0 Å². The van der Waals surface area contributed by atoms with E-state index in [1.807, 2.05) is 0 Å². The molecule has 4 N–H and O–H groups in total. The van der Waals surface area contributed by atoms with Crippen molar-refractivity contribution in [3.05, 3.63) is 0 Å². The number of carboxylic acid groups (broad SMARTS) is 2. The Labute approximate surface area is 178 Å². The fourth-order valence-corrected chi connectivity index (χ4v) is 4.66. The van der Waals surface area contributed by atoms with Crippen LogP contribution >= 0.6 is 19.6 Å². The average Bonchev–Trinajstić information content (AvgIpc) is 2.65. The summed E-state index contributed by atoms with van der Waals surface area (Å²) < 4.78 is 27.1. The van der Waals surface area contributed by atoms with E-state index in [-0.39, 0.29) is 37.8 Å². The van der Waals surface area contributed by atoms with Crippen molar-refractivity contribution in [2.45, 2.75) is 38.0 Å². The molecule has 12 nitrogen and oxygen atoms in total. The Morgan fingerprint density at radius 2 is 1.90 bits per heavy atom. The van der Waals surface area contributed by atoms with Gasteiger partial charge in [-0.3, -0.25) is 32.7 Å². The van der Waals surface area contributed by atoms with Crippen LogP contribution in [0, 0.1) is 5.41 Å². The second-order valence-electron chi connectivity index (χ2n) is 7.06. The van der Waals surface area contributed by atoms with Crippen LogP contribution in [0.25, 0.3) is 0 Å². The van der Waals surface area contributed by atoms with Gasteiger partial charge in [0, 0.05) is 37.8 Å². The van der Waals surface area contributed by atoms with E-state index in [0.717, 1.165) is 18.9 Å². The standard InChI is InChI=1S/C16H27N2O10PS/c1-16(2)9-27-29(25,26-3)28-13(16)14(22)18-5-4-11(19)17-6-7-30-10(15(23)24)8-12(20)21/h10,13H,4-9H2,1-3H3,(H,17,19)(H,18,22)(H,20,21)(H,23,24)/t10?,13-,29?/m0/s1. The third-order valence-corrected chi connectivity index (χ3v) is 6.60. The van der Waals surface area contributed by atoms with Crippen LogP contribution in [0.4, 0.5) is 0 Å². The number of hydrogen-bond acceptors (Lipinski definition) is 9. The van der Waals surface area contributed by atoms with Gasteiger partial charge in [0.05, 0.1) is 13.0 Å². The number of phosphoric acid groups is 1. The second-order valence-corrected chi connectivity index (χ2v) is 10.1. The zero-order chi connectivity index (χ0) is 22.9. The highest BCUT2D eigenvalue weighted by Crippen LogP contribution is 2.56. The van der Waals surface area contributed by atoms with E-state index in [4.69, 9.17) is 23.8 Å². The molecule has 1 aliphatic heterocycles. The van der Waals surface area contributed by atoms with E-state index < -0.39 is 48.9 Å². The SMILES string of the molecule is COP1(=O)OCC(C)(C)[C@H](C(=O)NCCC(=O)NCCSC(CC(=O)O)C(=O)O)O1. The van der Waals surface area contributed by atoms with Gasteiger partial charge in [-0.1, -0.05) is 13.8 Å². The topological polar surface area (TPSA) is 178 Å². The predicted octanol–water partition coefficient (Wildman–Crippen LogP) is 0.466. The van der Waals surface area contributed by atoms with Gasteiger partial charge in [-0.2, -0.15) is 0 Å². The molecule has 0 aromatic carbocycles. The zero-order valence-corrected chi connectivity index (χ0v) is 18.6. The van der Waals surface area contributed by atoms with E-state index in [0.29, 0.717) is 0 Å².